The van der Waals surface area contributed by atoms with E-state index < -0.39 is 11.8 Å². The number of nitrogens with one attached hydrogen (secondary N) is 2. The number of benzene rings is 2. The molecule has 2 aromatic heterocycles. The average molecular weight is 572 g/mol. The highest BCUT2D eigenvalue weighted by molar-refractivity contribution is 7.21. The normalized spacial score (nSPS) is 16.3. The first-order chi connectivity index (χ1) is 19.9. The highest BCUT2D eigenvalue weighted by Crippen LogP contribution is 2.47. The monoisotopic (exact) mass is 571 g/mol. The zero-order valence-electron chi connectivity index (χ0n) is 22.1. The lowest BCUT2D eigenvalue weighted by Gasteiger charge is -2.32. The van der Waals surface area contributed by atoms with Gasteiger partial charge in [-0.25, -0.2) is 14.2 Å². The predicted molar refractivity (Wildman–Crippen MR) is 156 cm³/mol. The molecule has 41 heavy (non-hydrogen) atoms. The van der Waals surface area contributed by atoms with Crippen LogP contribution in [-0.4, -0.2) is 46.9 Å². The molecule has 0 saturated carbocycles. The van der Waals surface area contributed by atoms with Crippen molar-refractivity contribution in [1.29, 1.82) is 0 Å². The molecular formula is C30H26FN5O4S. The second-order valence-corrected chi connectivity index (χ2v) is 10.8. The van der Waals surface area contributed by atoms with Crippen LogP contribution >= 0.6 is 11.3 Å². The molecule has 2 aliphatic rings. The van der Waals surface area contributed by atoms with Crippen molar-refractivity contribution in [2.45, 2.75) is 25.8 Å². The van der Waals surface area contributed by atoms with E-state index in [0.717, 1.165) is 12.8 Å². The van der Waals surface area contributed by atoms with Gasteiger partial charge in [-0.3, -0.25) is 14.5 Å². The van der Waals surface area contributed by atoms with Crippen LogP contribution in [0, 0.1) is 12.7 Å². The molecule has 0 bridgehead atoms. The molecule has 0 aliphatic carbocycles. The minimum Gasteiger partial charge on any atom is -0.454 e. The zero-order chi connectivity index (χ0) is 28.7. The number of piperidine rings is 1. The van der Waals surface area contributed by atoms with Gasteiger partial charge in [0.1, 0.15) is 15.5 Å². The number of halogens is 1. The van der Waals surface area contributed by atoms with E-state index in [0.29, 0.717) is 51.0 Å². The van der Waals surface area contributed by atoms with E-state index in [4.69, 9.17) is 4.74 Å². The fraction of sp³-hybridized carbons (Fsp3) is 0.200. The van der Waals surface area contributed by atoms with E-state index in [2.05, 4.69) is 22.2 Å². The van der Waals surface area contributed by atoms with E-state index in [1.165, 1.54) is 28.4 Å². The lowest BCUT2D eigenvalue weighted by molar-refractivity contribution is -0.127. The molecular weight excluding hydrogens is 545 g/mol. The number of ether oxygens (including phenoxy) is 1. The summed E-state index contributed by atoms with van der Waals surface area (Å²) in [4.78, 5) is 47.3. The third-order valence-corrected chi connectivity index (χ3v) is 8.33. The summed E-state index contributed by atoms with van der Waals surface area (Å²) in [6.07, 6.45) is 4.31. The average Bonchev–Trinajstić information content (AvgIpc) is 3.36. The maximum atomic E-state index is 15.5. The SMILES string of the molecule is C=CC(=O)N1CCCC(NC(=O)c2sc3nccc4c3c2NC(=O)N4c2ccc(Oc3ccccc3)c(F)c2C)C1. The van der Waals surface area contributed by atoms with Crippen molar-refractivity contribution in [3.8, 4) is 11.5 Å². The van der Waals surface area contributed by atoms with Gasteiger partial charge in [-0.1, -0.05) is 24.8 Å². The van der Waals surface area contributed by atoms with Crippen LogP contribution in [0.5, 0.6) is 11.5 Å². The molecule has 2 N–H and O–H groups in total. The van der Waals surface area contributed by atoms with Crippen LogP contribution < -0.4 is 20.3 Å². The summed E-state index contributed by atoms with van der Waals surface area (Å²) < 4.78 is 21.2. The second-order valence-electron chi connectivity index (χ2n) is 9.82. The van der Waals surface area contributed by atoms with Crippen LogP contribution in [-0.2, 0) is 4.79 Å². The van der Waals surface area contributed by atoms with E-state index in [1.54, 1.807) is 54.4 Å². The van der Waals surface area contributed by atoms with Crippen LogP contribution in [0.25, 0.3) is 10.2 Å². The second kappa shape index (κ2) is 10.7. The van der Waals surface area contributed by atoms with E-state index in [9.17, 15) is 14.4 Å². The molecule has 1 fully saturated rings. The molecule has 4 heterocycles. The lowest BCUT2D eigenvalue weighted by Crippen LogP contribution is -2.49. The summed E-state index contributed by atoms with van der Waals surface area (Å²) in [5.74, 6) is -0.580. The summed E-state index contributed by atoms with van der Waals surface area (Å²) in [5, 5.41) is 6.45. The van der Waals surface area contributed by atoms with Crippen molar-refractivity contribution in [2.24, 2.45) is 0 Å². The topological polar surface area (TPSA) is 104 Å². The van der Waals surface area contributed by atoms with Crippen molar-refractivity contribution in [3.63, 3.8) is 0 Å². The lowest BCUT2D eigenvalue weighted by atomic mass is 10.1. The molecule has 6 rings (SSSR count). The van der Waals surface area contributed by atoms with E-state index in [-0.39, 0.29) is 29.2 Å². The predicted octanol–water partition coefficient (Wildman–Crippen LogP) is 6.13. The van der Waals surface area contributed by atoms with E-state index >= 15 is 4.39 Å². The first-order valence-corrected chi connectivity index (χ1v) is 13.9. The number of likely N-dealkylation sites (tertiary alicyclic amines) is 1. The Kier molecular flexibility index (Phi) is 6.88. The van der Waals surface area contributed by atoms with Crippen molar-refractivity contribution in [3.05, 3.63) is 83.6 Å². The fourth-order valence-corrected chi connectivity index (χ4v) is 6.27. The van der Waals surface area contributed by atoms with Crippen LogP contribution in [0.15, 0.2) is 67.4 Å². The van der Waals surface area contributed by atoms with Gasteiger partial charge in [0.05, 0.1) is 22.4 Å². The Morgan fingerprint density at radius 3 is 2.78 bits per heavy atom. The van der Waals surface area contributed by atoms with Crippen molar-refractivity contribution in [2.75, 3.05) is 23.3 Å². The third kappa shape index (κ3) is 4.78. The molecule has 0 radical (unpaired) electrons. The molecule has 9 nitrogen and oxygen atoms in total. The number of urea groups is 1. The number of rotatable bonds is 6. The van der Waals surface area contributed by atoms with Gasteiger partial charge in [-0.15, -0.1) is 11.3 Å². The van der Waals surface area contributed by atoms with Crippen LogP contribution in [0.2, 0.25) is 0 Å². The number of hydrogen-bond acceptors (Lipinski definition) is 6. The maximum absolute atomic E-state index is 15.5. The number of carbonyl (C=O) groups excluding carboxylic acids is 3. The van der Waals surface area contributed by atoms with Crippen molar-refractivity contribution in [1.82, 2.24) is 15.2 Å². The molecule has 4 amide bonds. The van der Waals surface area contributed by atoms with Crippen LogP contribution in [0.4, 0.5) is 26.2 Å². The van der Waals surface area contributed by atoms with Gasteiger partial charge in [0, 0.05) is 30.9 Å². The van der Waals surface area contributed by atoms with Gasteiger partial charge in [0.15, 0.2) is 11.6 Å². The van der Waals surface area contributed by atoms with Gasteiger partial charge in [0.2, 0.25) is 5.91 Å². The number of aromatic nitrogens is 1. The van der Waals surface area contributed by atoms with E-state index in [1.807, 2.05) is 6.07 Å². The largest absolute Gasteiger partial charge is 0.454 e. The van der Waals surface area contributed by atoms with Gasteiger partial charge in [0.25, 0.3) is 5.91 Å². The summed E-state index contributed by atoms with van der Waals surface area (Å²) in [5.41, 5.74) is 1.42. The number of thiophene rings is 1. The number of anilines is 3. The summed E-state index contributed by atoms with van der Waals surface area (Å²) >= 11 is 1.17. The molecule has 1 unspecified atom stereocenters. The highest BCUT2D eigenvalue weighted by atomic mass is 32.1. The molecule has 4 aromatic rings. The fourth-order valence-electron chi connectivity index (χ4n) is 5.25. The third-order valence-electron chi connectivity index (χ3n) is 7.23. The Morgan fingerprint density at radius 2 is 2.00 bits per heavy atom. The van der Waals surface area contributed by atoms with Gasteiger partial charge in [-0.2, -0.15) is 0 Å². The number of amides is 4. The Labute approximate surface area is 239 Å². The maximum Gasteiger partial charge on any atom is 0.331 e. The number of para-hydroxylation sites is 1. The van der Waals surface area contributed by atoms with Crippen LogP contribution in [0.1, 0.15) is 28.1 Å². The number of carbonyl (C=O) groups is 3. The molecule has 0 spiro atoms. The van der Waals surface area contributed by atoms with Gasteiger partial charge >= 0.3 is 6.03 Å². The Morgan fingerprint density at radius 1 is 1.20 bits per heavy atom. The Hall–Kier alpha value is -4.77. The minimum atomic E-state index is -0.586. The van der Waals surface area contributed by atoms with Gasteiger partial charge < -0.3 is 20.3 Å². The van der Waals surface area contributed by atoms with Crippen molar-refractivity contribution < 1.29 is 23.5 Å². The number of pyridine rings is 1. The number of nitrogens with zero attached hydrogens (tertiary/aromatic N) is 3. The summed E-state index contributed by atoms with van der Waals surface area (Å²) in [6, 6.07) is 12.9. The molecule has 208 valence electrons. The zero-order valence-corrected chi connectivity index (χ0v) is 23.0. The smallest absolute Gasteiger partial charge is 0.331 e. The standard InChI is InChI=1S/C30H26FN5O4S/c1-3-23(37)35-15-7-8-18(16-35)33-28(38)27-26-24-21(13-14-32-29(24)41-27)36(30(39)34-26)20-11-12-22(25(31)17(20)2)40-19-9-5-4-6-10-19/h3-6,9-14,18H,1,7-8,15-16H2,2H3,(H,33,38)(H,34,39). The first kappa shape index (κ1) is 26.5. The highest BCUT2D eigenvalue weighted by Gasteiger charge is 2.35. The van der Waals surface area contributed by atoms with Gasteiger partial charge in [-0.05, 0) is 56.2 Å². The molecule has 11 heteroatoms. The molecule has 2 aliphatic heterocycles. The molecule has 2 aromatic carbocycles. The quantitative estimate of drug-likeness (QED) is 0.271. The minimum absolute atomic E-state index is 0.0426. The van der Waals surface area contributed by atoms with Crippen molar-refractivity contribution >= 4 is 56.5 Å². The number of hydrogen-bond donors (Lipinski definition) is 2. The molecule has 1 atom stereocenters. The summed E-state index contributed by atoms with van der Waals surface area (Å²) in [7, 11) is 0. The Bertz CT molecular complexity index is 1710. The summed E-state index contributed by atoms with van der Waals surface area (Å²) in [6.45, 7) is 6.13. The molecule has 1 saturated heterocycles. The Balaban J connectivity index is 1.32. The van der Waals surface area contributed by atoms with Crippen LogP contribution in [0.3, 0.4) is 0 Å². The first-order valence-electron chi connectivity index (χ1n) is 13.1.